The number of ether oxygens (including phenoxy) is 4. The number of rotatable bonds is 3. The predicted molar refractivity (Wildman–Crippen MR) is 42.4 cm³/mol. The van der Waals surface area contributed by atoms with E-state index in [1.54, 1.807) is 0 Å². The van der Waals surface area contributed by atoms with Crippen molar-refractivity contribution in [2.24, 2.45) is 0 Å². The van der Waals surface area contributed by atoms with Crippen LogP contribution in [0, 0.1) is 12.3 Å². The highest BCUT2D eigenvalue weighted by molar-refractivity contribution is 5.62. The molecule has 1 saturated heterocycles. The number of carbonyl (C=O) groups excluding carboxylic acids is 2. The van der Waals surface area contributed by atoms with Crippen LogP contribution in [0.5, 0.6) is 0 Å². The average Bonchev–Trinajstić information content (AvgIpc) is 2.58. The topological polar surface area (TPSA) is 71.1 Å². The van der Waals surface area contributed by atoms with Gasteiger partial charge in [-0.1, -0.05) is 5.92 Å². The first-order chi connectivity index (χ1) is 6.72. The van der Waals surface area contributed by atoms with E-state index in [4.69, 9.17) is 6.42 Å². The van der Waals surface area contributed by atoms with Crippen LogP contribution in [-0.4, -0.2) is 38.2 Å². The maximum Gasteiger partial charge on any atom is 0.509 e. The molecule has 0 aromatic heterocycles. The van der Waals surface area contributed by atoms with Crippen molar-refractivity contribution in [2.45, 2.75) is 6.10 Å². The van der Waals surface area contributed by atoms with Gasteiger partial charge in [-0.3, -0.25) is 0 Å². The maximum absolute atomic E-state index is 10.7. The SMILES string of the molecule is C#CCOC(=O)OCC1COC(=O)O1. The van der Waals surface area contributed by atoms with Crippen LogP contribution in [0.25, 0.3) is 0 Å². The molecule has 0 aliphatic carbocycles. The molecule has 1 atom stereocenters. The summed E-state index contributed by atoms with van der Waals surface area (Å²) in [5.74, 6) is 2.10. The monoisotopic (exact) mass is 200 g/mol. The maximum atomic E-state index is 10.7. The molecular weight excluding hydrogens is 192 g/mol. The van der Waals surface area contributed by atoms with Crippen LogP contribution in [0.15, 0.2) is 0 Å². The molecule has 0 amide bonds. The summed E-state index contributed by atoms with van der Waals surface area (Å²) in [6.45, 7) is -0.184. The third-order valence-electron chi connectivity index (χ3n) is 1.31. The van der Waals surface area contributed by atoms with Gasteiger partial charge in [-0.05, 0) is 0 Å². The second-order valence-electron chi connectivity index (χ2n) is 2.35. The zero-order valence-corrected chi connectivity index (χ0v) is 7.23. The van der Waals surface area contributed by atoms with Gasteiger partial charge in [0.1, 0.15) is 13.2 Å². The van der Waals surface area contributed by atoms with Crippen LogP contribution in [0.4, 0.5) is 9.59 Å². The van der Waals surface area contributed by atoms with Gasteiger partial charge in [0.05, 0.1) is 0 Å². The van der Waals surface area contributed by atoms with Gasteiger partial charge in [0.15, 0.2) is 12.7 Å². The minimum atomic E-state index is -0.897. The van der Waals surface area contributed by atoms with E-state index in [2.05, 4.69) is 24.9 Å². The first kappa shape index (κ1) is 10.2. The van der Waals surface area contributed by atoms with E-state index in [0.29, 0.717) is 0 Å². The lowest BCUT2D eigenvalue weighted by atomic mass is 10.4. The number of terminal acetylenes is 1. The van der Waals surface area contributed by atoms with Gasteiger partial charge in [0.25, 0.3) is 0 Å². The van der Waals surface area contributed by atoms with Crippen molar-refractivity contribution in [3.8, 4) is 12.3 Å². The number of hydrogen-bond acceptors (Lipinski definition) is 6. The fourth-order valence-electron chi connectivity index (χ4n) is 0.750. The molecule has 1 fully saturated rings. The largest absolute Gasteiger partial charge is 0.509 e. The van der Waals surface area contributed by atoms with E-state index in [1.165, 1.54) is 0 Å². The highest BCUT2D eigenvalue weighted by Crippen LogP contribution is 2.06. The third-order valence-corrected chi connectivity index (χ3v) is 1.31. The quantitative estimate of drug-likeness (QED) is 0.482. The fraction of sp³-hybridized carbons (Fsp3) is 0.500. The van der Waals surface area contributed by atoms with Gasteiger partial charge in [-0.25, -0.2) is 9.59 Å². The molecule has 1 unspecified atom stereocenters. The molecule has 0 radical (unpaired) electrons. The van der Waals surface area contributed by atoms with Gasteiger partial charge >= 0.3 is 12.3 Å². The summed E-state index contributed by atoms with van der Waals surface area (Å²) in [7, 11) is 0. The molecule has 1 aliphatic heterocycles. The van der Waals surface area contributed by atoms with Crippen molar-refractivity contribution in [3.05, 3.63) is 0 Å². The highest BCUT2D eigenvalue weighted by Gasteiger charge is 2.26. The van der Waals surface area contributed by atoms with Crippen molar-refractivity contribution in [1.29, 1.82) is 0 Å². The smallest absolute Gasteiger partial charge is 0.430 e. The second-order valence-corrected chi connectivity index (χ2v) is 2.35. The van der Waals surface area contributed by atoms with Crippen molar-refractivity contribution in [1.82, 2.24) is 0 Å². The molecule has 14 heavy (non-hydrogen) atoms. The summed E-state index contributed by atoms with van der Waals surface area (Å²) in [6.07, 6.45) is 2.61. The Kier molecular flexibility index (Phi) is 3.61. The summed E-state index contributed by atoms with van der Waals surface area (Å²) < 4.78 is 18.0. The van der Waals surface area contributed by atoms with Gasteiger partial charge in [0, 0.05) is 0 Å². The van der Waals surface area contributed by atoms with Gasteiger partial charge in [-0.2, -0.15) is 0 Å². The molecule has 0 spiro atoms. The van der Waals surface area contributed by atoms with E-state index in [9.17, 15) is 9.59 Å². The summed E-state index contributed by atoms with van der Waals surface area (Å²) in [4.78, 5) is 21.1. The zero-order valence-electron chi connectivity index (χ0n) is 7.23. The molecule has 0 aromatic carbocycles. The number of carbonyl (C=O) groups is 2. The van der Waals surface area contributed by atoms with Crippen molar-refractivity contribution in [3.63, 3.8) is 0 Å². The second kappa shape index (κ2) is 4.97. The van der Waals surface area contributed by atoms with E-state index in [-0.39, 0.29) is 19.8 Å². The highest BCUT2D eigenvalue weighted by atomic mass is 16.8. The fourth-order valence-corrected chi connectivity index (χ4v) is 0.750. The Bertz CT molecular complexity index is 265. The van der Waals surface area contributed by atoms with Crippen LogP contribution in [0.2, 0.25) is 0 Å². The minimum Gasteiger partial charge on any atom is -0.430 e. The third kappa shape index (κ3) is 3.23. The molecule has 6 nitrogen and oxygen atoms in total. The molecular formula is C8H8O6. The Labute approximate surface area is 80.1 Å². The summed E-state index contributed by atoms with van der Waals surface area (Å²) in [5.41, 5.74) is 0. The number of hydrogen-bond donors (Lipinski definition) is 0. The van der Waals surface area contributed by atoms with E-state index >= 15 is 0 Å². The average molecular weight is 200 g/mol. The van der Waals surface area contributed by atoms with E-state index in [1.807, 2.05) is 0 Å². The van der Waals surface area contributed by atoms with Gasteiger partial charge in [-0.15, -0.1) is 6.42 Å². The van der Waals surface area contributed by atoms with Crippen molar-refractivity contribution >= 4 is 12.3 Å². The molecule has 0 saturated carbocycles. The Morgan fingerprint density at radius 1 is 1.64 bits per heavy atom. The van der Waals surface area contributed by atoms with Gasteiger partial charge < -0.3 is 18.9 Å². The molecule has 1 heterocycles. The normalized spacial score (nSPS) is 19.1. The lowest BCUT2D eigenvalue weighted by Crippen LogP contribution is -2.21. The summed E-state index contributed by atoms with van der Waals surface area (Å²) in [5, 5.41) is 0. The molecule has 1 aliphatic rings. The van der Waals surface area contributed by atoms with E-state index in [0.717, 1.165) is 0 Å². The predicted octanol–water partition coefficient (Wildman–Crippen LogP) is 0.308. The lowest BCUT2D eigenvalue weighted by Gasteiger charge is -2.06. The van der Waals surface area contributed by atoms with Crippen molar-refractivity contribution < 1.29 is 28.5 Å². The standard InChI is InChI=1S/C8H8O6/c1-2-3-11-7(9)12-4-6-5-13-8(10)14-6/h1,6H,3-5H2. The Morgan fingerprint density at radius 2 is 2.43 bits per heavy atom. The van der Waals surface area contributed by atoms with Crippen LogP contribution in [0.1, 0.15) is 0 Å². The van der Waals surface area contributed by atoms with Crippen LogP contribution in [-0.2, 0) is 18.9 Å². The van der Waals surface area contributed by atoms with Crippen LogP contribution in [0.3, 0.4) is 0 Å². The molecule has 0 aromatic rings. The Morgan fingerprint density at radius 3 is 3.00 bits per heavy atom. The van der Waals surface area contributed by atoms with Crippen LogP contribution < -0.4 is 0 Å². The molecule has 6 heteroatoms. The molecule has 76 valence electrons. The van der Waals surface area contributed by atoms with Crippen LogP contribution >= 0.6 is 0 Å². The zero-order chi connectivity index (χ0) is 10.4. The van der Waals surface area contributed by atoms with Gasteiger partial charge in [0.2, 0.25) is 0 Å². The minimum absolute atomic E-state index is 0.0707. The summed E-state index contributed by atoms with van der Waals surface area (Å²) >= 11 is 0. The number of cyclic esters (lactones) is 2. The summed E-state index contributed by atoms with van der Waals surface area (Å²) in [6, 6.07) is 0. The molecule has 0 N–H and O–H groups in total. The Balaban J connectivity index is 2.11. The Hall–Kier alpha value is -1.90. The lowest BCUT2D eigenvalue weighted by molar-refractivity contribution is 0.0304. The first-order valence-corrected chi connectivity index (χ1v) is 3.79. The molecule has 1 rings (SSSR count). The first-order valence-electron chi connectivity index (χ1n) is 3.79. The van der Waals surface area contributed by atoms with E-state index < -0.39 is 18.4 Å². The molecule has 0 bridgehead atoms. The van der Waals surface area contributed by atoms with Crippen molar-refractivity contribution in [2.75, 3.05) is 19.8 Å².